The summed E-state index contributed by atoms with van der Waals surface area (Å²) >= 11 is 1.30. The van der Waals surface area contributed by atoms with Gasteiger partial charge in [0.2, 0.25) is 17.7 Å². The van der Waals surface area contributed by atoms with Crippen LogP contribution in [0.25, 0.3) is 11.5 Å². The minimum atomic E-state index is -0.369. The number of hydrogen-bond acceptors (Lipinski definition) is 8. The molecule has 0 aliphatic carbocycles. The number of ether oxygens (including phenoxy) is 1. The molecule has 0 atom stereocenters. The Morgan fingerprint density at radius 1 is 1.21 bits per heavy atom. The lowest BCUT2D eigenvalue weighted by Crippen LogP contribution is -2.26. The van der Waals surface area contributed by atoms with Gasteiger partial charge in [-0.1, -0.05) is 17.7 Å². The van der Waals surface area contributed by atoms with Gasteiger partial charge in [0.05, 0.1) is 19.2 Å². The van der Waals surface area contributed by atoms with E-state index in [2.05, 4.69) is 19.9 Å². The van der Waals surface area contributed by atoms with Crippen LogP contribution >= 0.6 is 11.3 Å². The third kappa shape index (κ3) is 4.80. The fraction of sp³-hybridized carbons (Fsp3) is 0.316. The number of methoxy groups -OCH3 is 1. The fourth-order valence-corrected chi connectivity index (χ4v) is 3.21. The molecule has 1 amide bonds. The number of anilines is 1. The second-order valence-electron chi connectivity index (χ2n) is 6.19. The number of carbonyl (C=O) groups is 2. The maximum atomic E-state index is 12.4. The van der Waals surface area contributed by atoms with Crippen LogP contribution in [0.3, 0.4) is 0 Å². The van der Waals surface area contributed by atoms with Crippen LogP contribution in [0, 0.1) is 6.92 Å². The van der Waals surface area contributed by atoms with Gasteiger partial charge >= 0.3 is 5.97 Å². The summed E-state index contributed by atoms with van der Waals surface area (Å²) in [6, 6.07) is 7.78. The van der Waals surface area contributed by atoms with E-state index in [-0.39, 0.29) is 24.7 Å². The van der Waals surface area contributed by atoms with Crippen LogP contribution in [0.15, 0.2) is 34.1 Å². The van der Waals surface area contributed by atoms with Gasteiger partial charge in [0.1, 0.15) is 0 Å². The number of rotatable bonds is 7. The normalized spacial score (nSPS) is 10.7. The van der Waals surface area contributed by atoms with Gasteiger partial charge in [-0.15, -0.1) is 21.5 Å². The van der Waals surface area contributed by atoms with E-state index in [1.165, 1.54) is 23.3 Å². The van der Waals surface area contributed by atoms with Crippen molar-refractivity contribution >= 4 is 28.3 Å². The Hall–Kier alpha value is -3.07. The van der Waals surface area contributed by atoms with E-state index >= 15 is 0 Å². The molecule has 0 radical (unpaired) electrons. The molecule has 1 aromatic carbocycles. The van der Waals surface area contributed by atoms with Crippen molar-refractivity contribution in [2.75, 3.05) is 19.1 Å². The van der Waals surface area contributed by atoms with E-state index in [9.17, 15) is 9.59 Å². The van der Waals surface area contributed by atoms with Crippen molar-refractivity contribution in [1.29, 1.82) is 0 Å². The van der Waals surface area contributed by atoms with E-state index in [0.29, 0.717) is 29.0 Å². The Morgan fingerprint density at radius 3 is 2.68 bits per heavy atom. The van der Waals surface area contributed by atoms with Crippen LogP contribution in [0.4, 0.5) is 5.13 Å². The summed E-state index contributed by atoms with van der Waals surface area (Å²) in [7, 11) is 2.97. The quantitative estimate of drug-likeness (QED) is 0.562. The Kier molecular flexibility index (Phi) is 6.15. The van der Waals surface area contributed by atoms with E-state index in [4.69, 9.17) is 4.42 Å². The molecular formula is C19H20N4O4S. The van der Waals surface area contributed by atoms with E-state index in [0.717, 1.165) is 11.1 Å². The average Bonchev–Trinajstić information content (AvgIpc) is 3.35. The zero-order valence-electron chi connectivity index (χ0n) is 15.8. The summed E-state index contributed by atoms with van der Waals surface area (Å²) in [4.78, 5) is 29.5. The number of amides is 1. The first kappa shape index (κ1) is 19.7. The van der Waals surface area contributed by atoms with Gasteiger partial charge in [-0.3, -0.25) is 14.5 Å². The standard InChI is InChI=1S/C19H20N4O4S/c1-12-4-6-13(7-5-12)18-22-21-15(27-18)8-9-16(24)23(2)19-20-14(11-28-19)10-17(25)26-3/h4-7,11H,8-10H2,1-3H3. The van der Waals surface area contributed by atoms with Gasteiger partial charge in [0.25, 0.3) is 0 Å². The number of esters is 1. The maximum absolute atomic E-state index is 12.4. The molecule has 146 valence electrons. The highest BCUT2D eigenvalue weighted by molar-refractivity contribution is 7.14. The van der Waals surface area contributed by atoms with Gasteiger partial charge in [0.15, 0.2) is 5.13 Å². The molecule has 0 saturated carbocycles. The first-order valence-corrected chi connectivity index (χ1v) is 9.51. The number of benzene rings is 1. The third-order valence-electron chi connectivity index (χ3n) is 4.07. The van der Waals surface area contributed by atoms with Crippen molar-refractivity contribution < 1.29 is 18.7 Å². The molecule has 0 bridgehead atoms. The molecular weight excluding hydrogens is 380 g/mol. The highest BCUT2D eigenvalue weighted by atomic mass is 32.1. The van der Waals surface area contributed by atoms with Crippen molar-refractivity contribution in [2.24, 2.45) is 0 Å². The zero-order valence-corrected chi connectivity index (χ0v) is 16.7. The maximum Gasteiger partial charge on any atom is 0.311 e. The molecule has 0 fully saturated rings. The Bertz CT molecular complexity index is 964. The third-order valence-corrected chi connectivity index (χ3v) is 5.04. The van der Waals surface area contributed by atoms with Crippen LogP contribution in [0.5, 0.6) is 0 Å². The van der Waals surface area contributed by atoms with Crippen molar-refractivity contribution in [3.8, 4) is 11.5 Å². The van der Waals surface area contributed by atoms with Gasteiger partial charge in [-0.2, -0.15) is 0 Å². The molecule has 28 heavy (non-hydrogen) atoms. The number of aryl methyl sites for hydroxylation is 2. The van der Waals surface area contributed by atoms with Crippen LogP contribution < -0.4 is 4.90 Å². The van der Waals surface area contributed by atoms with E-state index in [1.807, 2.05) is 31.2 Å². The smallest absolute Gasteiger partial charge is 0.311 e. The lowest BCUT2D eigenvalue weighted by atomic mass is 10.1. The molecule has 0 aliphatic heterocycles. The molecule has 0 aliphatic rings. The summed E-state index contributed by atoms with van der Waals surface area (Å²) < 4.78 is 10.3. The molecule has 3 aromatic rings. The second-order valence-corrected chi connectivity index (χ2v) is 7.03. The number of hydrogen-bond donors (Lipinski definition) is 0. The van der Waals surface area contributed by atoms with Crippen LogP contribution in [-0.4, -0.2) is 41.2 Å². The summed E-state index contributed by atoms with van der Waals surface area (Å²) in [5.74, 6) is 0.340. The number of carbonyl (C=O) groups excluding carboxylic acids is 2. The fourth-order valence-electron chi connectivity index (χ4n) is 2.41. The molecule has 0 saturated heterocycles. The minimum absolute atomic E-state index is 0.0821. The summed E-state index contributed by atoms with van der Waals surface area (Å²) in [5, 5.41) is 10.3. The lowest BCUT2D eigenvalue weighted by molar-refractivity contribution is -0.139. The van der Waals surface area contributed by atoms with Crippen LogP contribution in [0.1, 0.15) is 23.6 Å². The van der Waals surface area contributed by atoms with Crippen molar-refractivity contribution in [3.63, 3.8) is 0 Å². The predicted octanol–water partition coefficient (Wildman–Crippen LogP) is 2.81. The SMILES string of the molecule is COC(=O)Cc1csc(N(C)C(=O)CCc2nnc(-c3ccc(C)cc3)o2)n1. The zero-order chi connectivity index (χ0) is 20.1. The Morgan fingerprint density at radius 2 is 1.96 bits per heavy atom. The molecule has 0 spiro atoms. The number of aromatic nitrogens is 3. The number of nitrogens with zero attached hydrogens (tertiary/aromatic N) is 4. The van der Waals surface area contributed by atoms with Crippen LogP contribution in [-0.2, 0) is 27.2 Å². The summed E-state index contributed by atoms with van der Waals surface area (Å²) in [5.41, 5.74) is 2.56. The largest absolute Gasteiger partial charge is 0.469 e. The van der Waals surface area contributed by atoms with Gasteiger partial charge < -0.3 is 9.15 Å². The first-order valence-electron chi connectivity index (χ1n) is 8.63. The average molecular weight is 400 g/mol. The Labute approximate surface area is 166 Å². The molecule has 0 N–H and O–H groups in total. The highest BCUT2D eigenvalue weighted by Crippen LogP contribution is 2.22. The molecule has 2 aromatic heterocycles. The van der Waals surface area contributed by atoms with Crippen molar-refractivity contribution in [2.45, 2.75) is 26.2 Å². The van der Waals surface area contributed by atoms with E-state index in [1.54, 1.807) is 12.4 Å². The topological polar surface area (TPSA) is 98.4 Å². The van der Waals surface area contributed by atoms with Gasteiger partial charge in [-0.05, 0) is 19.1 Å². The molecule has 0 unspecified atom stereocenters. The lowest BCUT2D eigenvalue weighted by Gasteiger charge is -2.12. The van der Waals surface area contributed by atoms with Crippen molar-refractivity contribution in [3.05, 3.63) is 46.8 Å². The van der Waals surface area contributed by atoms with Crippen LogP contribution in [0.2, 0.25) is 0 Å². The van der Waals surface area contributed by atoms with E-state index < -0.39 is 0 Å². The molecule has 9 heteroatoms. The van der Waals surface area contributed by atoms with Crippen molar-refractivity contribution in [1.82, 2.24) is 15.2 Å². The molecule has 8 nitrogen and oxygen atoms in total. The van der Waals surface area contributed by atoms with Gasteiger partial charge in [0, 0.05) is 30.8 Å². The molecule has 2 heterocycles. The highest BCUT2D eigenvalue weighted by Gasteiger charge is 2.17. The first-order chi connectivity index (χ1) is 13.5. The predicted molar refractivity (Wildman–Crippen MR) is 104 cm³/mol. The molecule has 3 rings (SSSR count). The number of thiazole rings is 1. The monoisotopic (exact) mass is 400 g/mol. The van der Waals surface area contributed by atoms with Gasteiger partial charge in [-0.25, -0.2) is 4.98 Å². The summed E-state index contributed by atoms with van der Waals surface area (Å²) in [6.07, 6.45) is 0.624. The summed E-state index contributed by atoms with van der Waals surface area (Å²) in [6.45, 7) is 2.01. The Balaban J connectivity index is 1.56. The minimum Gasteiger partial charge on any atom is -0.469 e. The second kappa shape index (κ2) is 8.75.